The average molecular weight is 587 g/mol. The van der Waals surface area contributed by atoms with Gasteiger partial charge in [0.05, 0.1) is 42.6 Å². The largest absolute Gasteiger partial charge is 0.459 e. The number of fused-ring (bicyclic) bond motifs is 3. The number of hydrogen-bond donors (Lipinski definition) is 2. The highest BCUT2D eigenvalue weighted by molar-refractivity contribution is 7.99. The molecule has 5 heterocycles. The number of ether oxygens (including phenoxy) is 3. The lowest BCUT2D eigenvalue weighted by molar-refractivity contribution is -0.152. The number of amides is 3. The number of likely N-dealkylation sites (tertiary alicyclic amines) is 1. The molecule has 7 rings (SSSR count). The predicted octanol–water partition coefficient (Wildman–Crippen LogP) is 3.47. The Hall–Kier alpha value is -4.39. The first kappa shape index (κ1) is 26.5. The Morgan fingerprint density at radius 2 is 1.83 bits per heavy atom. The van der Waals surface area contributed by atoms with E-state index in [2.05, 4.69) is 15.6 Å². The maximum Gasteiger partial charge on any atom is 0.251 e. The van der Waals surface area contributed by atoms with E-state index >= 15 is 0 Å². The molecule has 3 aliphatic heterocycles. The molecule has 2 aromatic carbocycles. The van der Waals surface area contributed by atoms with E-state index in [-0.39, 0.29) is 32.0 Å². The van der Waals surface area contributed by atoms with Crippen LogP contribution in [0.2, 0.25) is 0 Å². The molecule has 42 heavy (non-hydrogen) atoms. The van der Waals surface area contributed by atoms with Gasteiger partial charge in [-0.15, -0.1) is 0 Å². The van der Waals surface area contributed by atoms with Crippen LogP contribution in [0.1, 0.15) is 22.5 Å². The molecule has 0 bridgehead atoms. The van der Waals surface area contributed by atoms with Crippen LogP contribution in [-0.2, 0) is 25.6 Å². The fraction of sp³-hybridized carbons (Fsp3) is 0.267. The number of nitrogens with one attached hydrogen (secondary N) is 2. The van der Waals surface area contributed by atoms with E-state index < -0.39 is 23.6 Å². The number of carbonyl (C=O) groups is 3. The van der Waals surface area contributed by atoms with Gasteiger partial charge in [0.15, 0.2) is 5.79 Å². The molecule has 12 heteroatoms. The van der Waals surface area contributed by atoms with Crippen LogP contribution < -0.4 is 15.4 Å². The molecule has 0 saturated carbocycles. The number of hydrogen-bond acceptors (Lipinski definition) is 9. The molecule has 0 unspecified atom stereocenters. The highest BCUT2D eigenvalue weighted by Gasteiger charge is 2.52. The molecular formula is C30H26N4O7S. The van der Waals surface area contributed by atoms with Crippen molar-refractivity contribution in [1.29, 1.82) is 0 Å². The van der Waals surface area contributed by atoms with E-state index in [4.69, 9.17) is 18.6 Å². The van der Waals surface area contributed by atoms with Crippen LogP contribution in [0.3, 0.4) is 0 Å². The smallest absolute Gasteiger partial charge is 0.251 e. The summed E-state index contributed by atoms with van der Waals surface area (Å²) in [6.45, 7) is 0.678. The quantitative estimate of drug-likeness (QED) is 0.307. The van der Waals surface area contributed by atoms with E-state index in [1.807, 2.05) is 36.4 Å². The van der Waals surface area contributed by atoms with Gasteiger partial charge in [-0.3, -0.25) is 19.4 Å². The summed E-state index contributed by atoms with van der Waals surface area (Å²) >= 11 is 1.57. The molecule has 2 aromatic heterocycles. The Labute approximate surface area is 244 Å². The lowest BCUT2D eigenvalue weighted by Gasteiger charge is -2.24. The average Bonchev–Trinajstić information content (AvgIpc) is 3.75. The summed E-state index contributed by atoms with van der Waals surface area (Å²) in [4.78, 5) is 47.1. The van der Waals surface area contributed by atoms with Crippen LogP contribution >= 0.6 is 11.8 Å². The summed E-state index contributed by atoms with van der Waals surface area (Å²) in [6.07, 6.45) is 3.50. The predicted molar refractivity (Wildman–Crippen MR) is 150 cm³/mol. The molecular weight excluding hydrogens is 560 g/mol. The molecule has 2 saturated heterocycles. The van der Waals surface area contributed by atoms with Crippen LogP contribution in [-0.4, -0.2) is 65.7 Å². The molecule has 214 valence electrons. The standard InChI is InChI=1S/C30H26N4O7S/c35-27(16-33-28(36)18-5-6-26-24(12-18)41-23-3-1-2-4-25(23)42-26)34-17-30(38-9-10-39-30)13-21(34)29(37)32-15-20-11-19-14-31-8-7-22(19)40-20/h1-8,11-12,14,21H,9-10,13,15-17H2,(H,32,37)(H,33,36)/t21-/m0/s1. The van der Waals surface area contributed by atoms with Gasteiger partial charge in [-0.1, -0.05) is 23.9 Å². The third-order valence-corrected chi connectivity index (χ3v) is 8.54. The Morgan fingerprint density at radius 3 is 2.69 bits per heavy atom. The van der Waals surface area contributed by atoms with Gasteiger partial charge in [-0.05, 0) is 42.5 Å². The van der Waals surface area contributed by atoms with Crippen molar-refractivity contribution in [2.75, 3.05) is 26.3 Å². The van der Waals surface area contributed by atoms with Crippen molar-refractivity contribution in [3.63, 3.8) is 0 Å². The summed E-state index contributed by atoms with van der Waals surface area (Å²) in [5, 5.41) is 6.37. The Kier molecular flexibility index (Phi) is 6.81. The van der Waals surface area contributed by atoms with Crippen LogP contribution in [0.15, 0.2) is 81.2 Å². The van der Waals surface area contributed by atoms with E-state index in [1.54, 1.807) is 42.4 Å². The lowest BCUT2D eigenvalue weighted by Crippen LogP contribution is -2.49. The topological polar surface area (TPSA) is 132 Å². The fourth-order valence-corrected chi connectivity index (χ4v) is 6.32. The highest BCUT2D eigenvalue weighted by Crippen LogP contribution is 2.47. The van der Waals surface area contributed by atoms with Crippen molar-refractivity contribution in [2.45, 2.75) is 34.6 Å². The van der Waals surface area contributed by atoms with Crippen molar-refractivity contribution < 1.29 is 33.0 Å². The number of para-hydroxylation sites is 1. The van der Waals surface area contributed by atoms with Gasteiger partial charge in [0.25, 0.3) is 5.91 Å². The van der Waals surface area contributed by atoms with Gasteiger partial charge >= 0.3 is 0 Å². The van der Waals surface area contributed by atoms with Crippen LogP contribution in [0.4, 0.5) is 0 Å². The monoisotopic (exact) mass is 586 g/mol. The zero-order valence-corrected chi connectivity index (χ0v) is 23.1. The normalized spacial score (nSPS) is 18.4. The molecule has 0 aliphatic carbocycles. The Balaban J connectivity index is 1.01. The second-order valence-electron chi connectivity index (χ2n) is 10.2. The molecule has 2 fully saturated rings. The van der Waals surface area contributed by atoms with Crippen molar-refractivity contribution >= 4 is 40.5 Å². The maximum absolute atomic E-state index is 13.4. The fourth-order valence-electron chi connectivity index (χ4n) is 5.39. The number of furan rings is 1. The molecule has 3 aliphatic rings. The van der Waals surface area contributed by atoms with Gasteiger partial charge in [-0.25, -0.2) is 0 Å². The second kappa shape index (κ2) is 10.8. The van der Waals surface area contributed by atoms with Crippen molar-refractivity contribution in [3.8, 4) is 11.5 Å². The van der Waals surface area contributed by atoms with Crippen molar-refractivity contribution in [2.24, 2.45) is 0 Å². The minimum absolute atomic E-state index is 0.0828. The summed E-state index contributed by atoms with van der Waals surface area (Å²) in [7, 11) is 0. The second-order valence-corrected chi connectivity index (χ2v) is 11.3. The molecule has 3 amide bonds. The summed E-state index contributed by atoms with van der Waals surface area (Å²) in [5.74, 6) is -0.399. The third kappa shape index (κ3) is 5.08. The first-order chi connectivity index (χ1) is 20.5. The van der Waals surface area contributed by atoms with Crippen molar-refractivity contribution in [1.82, 2.24) is 20.5 Å². The summed E-state index contributed by atoms with van der Waals surface area (Å²) in [5.41, 5.74) is 1.03. The zero-order valence-electron chi connectivity index (χ0n) is 22.3. The van der Waals surface area contributed by atoms with Gasteiger partial charge < -0.3 is 34.2 Å². The molecule has 2 N–H and O–H groups in total. The molecule has 1 atom stereocenters. The van der Waals surface area contributed by atoms with Crippen LogP contribution in [0, 0.1) is 0 Å². The first-order valence-corrected chi connectivity index (χ1v) is 14.3. The van der Waals surface area contributed by atoms with Gasteiger partial charge in [0.2, 0.25) is 11.8 Å². The SMILES string of the molecule is O=C(NCC(=O)N1CC2(C[C@H]1C(=O)NCc1cc3cnccc3o1)OCCO2)c1ccc2c(c1)Oc1ccccc1S2. The number of pyridine rings is 1. The molecule has 11 nitrogen and oxygen atoms in total. The maximum atomic E-state index is 13.4. The number of carbonyl (C=O) groups excluding carboxylic acids is 3. The first-order valence-electron chi connectivity index (χ1n) is 13.5. The van der Waals surface area contributed by atoms with Gasteiger partial charge in [-0.2, -0.15) is 0 Å². The lowest BCUT2D eigenvalue weighted by atomic mass is 10.1. The summed E-state index contributed by atoms with van der Waals surface area (Å²) < 4.78 is 23.4. The third-order valence-electron chi connectivity index (χ3n) is 7.43. The minimum atomic E-state index is -1.05. The summed E-state index contributed by atoms with van der Waals surface area (Å²) in [6, 6.07) is 15.6. The number of aromatic nitrogens is 1. The van der Waals surface area contributed by atoms with Gasteiger partial charge in [0.1, 0.15) is 28.9 Å². The molecule has 0 radical (unpaired) electrons. The molecule has 1 spiro atoms. The van der Waals surface area contributed by atoms with E-state index in [0.29, 0.717) is 35.9 Å². The van der Waals surface area contributed by atoms with E-state index in [1.165, 1.54) is 4.90 Å². The van der Waals surface area contributed by atoms with E-state index in [9.17, 15) is 14.4 Å². The number of rotatable bonds is 6. The number of nitrogens with zero attached hydrogens (tertiary/aromatic N) is 2. The molecule has 4 aromatic rings. The van der Waals surface area contributed by atoms with Crippen LogP contribution in [0.5, 0.6) is 11.5 Å². The van der Waals surface area contributed by atoms with Gasteiger partial charge in [0, 0.05) is 29.8 Å². The Morgan fingerprint density at radius 1 is 1.00 bits per heavy atom. The minimum Gasteiger partial charge on any atom is -0.459 e. The Bertz CT molecular complexity index is 1670. The number of benzene rings is 2. The zero-order chi connectivity index (χ0) is 28.7. The van der Waals surface area contributed by atoms with Crippen LogP contribution in [0.25, 0.3) is 11.0 Å². The van der Waals surface area contributed by atoms with Crippen molar-refractivity contribution in [3.05, 3.63) is 78.3 Å². The highest BCUT2D eigenvalue weighted by atomic mass is 32.2. The van der Waals surface area contributed by atoms with E-state index in [0.717, 1.165) is 20.9 Å².